The van der Waals surface area contributed by atoms with Crippen LogP contribution in [0.1, 0.15) is 20.3 Å². The molecule has 5 nitrogen and oxygen atoms in total. The number of nitrogens with one attached hydrogen (secondary N) is 2. The van der Waals surface area contributed by atoms with Crippen LogP contribution in [0.5, 0.6) is 0 Å². The van der Waals surface area contributed by atoms with Crippen molar-refractivity contribution in [2.24, 2.45) is 5.73 Å². The summed E-state index contributed by atoms with van der Waals surface area (Å²) in [7, 11) is 0. The third-order valence-corrected chi connectivity index (χ3v) is 5.45. The van der Waals surface area contributed by atoms with E-state index in [1.165, 1.54) is 5.69 Å². The first kappa shape index (κ1) is 19.7. The molecule has 1 fully saturated rings. The zero-order valence-electron chi connectivity index (χ0n) is 17.4. The lowest BCUT2D eigenvalue weighted by Gasteiger charge is -2.29. The maximum Gasteiger partial charge on any atom is 0.0730 e. The van der Waals surface area contributed by atoms with Crippen molar-refractivity contribution in [2.45, 2.75) is 25.8 Å². The molecule has 1 aliphatic rings. The fraction of sp³-hybridized carbons (Fsp3) is 0.375. The van der Waals surface area contributed by atoms with Crippen molar-refractivity contribution in [1.29, 1.82) is 0 Å². The van der Waals surface area contributed by atoms with Crippen LogP contribution in [0.25, 0.3) is 22.2 Å². The molecule has 4 rings (SSSR count). The standard InChI is InChI=1S/C24H31N5/c1-24(2,25)11-12-27-23-17-22(28-21-6-4-3-5-20(21)23)18-7-9-19(10-8-18)29-15-13-26-14-16-29/h3-10,17,26H,11-16,25H2,1-2H3,(H,27,28). The first-order valence-corrected chi connectivity index (χ1v) is 10.5. The number of hydrogen-bond donors (Lipinski definition) is 3. The summed E-state index contributed by atoms with van der Waals surface area (Å²) in [5, 5.41) is 8.13. The van der Waals surface area contributed by atoms with Crippen LogP contribution in [-0.4, -0.2) is 43.2 Å². The Bertz CT molecular complexity index is 953. The topological polar surface area (TPSA) is 66.2 Å². The van der Waals surface area contributed by atoms with E-state index in [0.717, 1.165) is 67.0 Å². The molecule has 0 aliphatic carbocycles. The minimum absolute atomic E-state index is 0.182. The number of fused-ring (bicyclic) bond motifs is 1. The Labute approximate surface area is 173 Å². The molecule has 2 aromatic carbocycles. The number of aromatic nitrogens is 1. The second-order valence-electron chi connectivity index (χ2n) is 8.52. The van der Waals surface area contributed by atoms with Crippen molar-refractivity contribution in [2.75, 3.05) is 42.9 Å². The largest absolute Gasteiger partial charge is 0.384 e. The van der Waals surface area contributed by atoms with Crippen LogP contribution in [-0.2, 0) is 0 Å². The van der Waals surface area contributed by atoms with Gasteiger partial charge in [-0.2, -0.15) is 0 Å². The molecule has 3 aromatic rings. The molecule has 1 aromatic heterocycles. The van der Waals surface area contributed by atoms with Crippen LogP contribution in [0.2, 0.25) is 0 Å². The Morgan fingerprint density at radius 2 is 1.79 bits per heavy atom. The zero-order valence-corrected chi connectivity index (χ0v) is 17.4. The normalized spacial score (nSPS) is 14.9. The van der Waals surface area contributed by atoms with Gasteiger partial charge in [-0.05, 0) is 44.5 Å². The zero-order chi connectivity index (χ0) is 20.3. The monoisotopic (exact) mass is 389 g/mol. The molecule has 1 saturated heterocycles. The molecule has 29 heavy (non-hydrogen) atoms. The number of nitrogens with zero attached hydrogens (tertiary/aromatic N) is 2. The predicted molar refractivity (Wildman–Crippen MR) is 124 cm³/mol. The average molecular weight is 390 g/mol. The van der Waals surface area contributed by atoms with Crippen molar-refractivity contribution in [3.05, 3.63) is 54.6 Å². The minimum atomic E-state index is -0.182. The molecular weight excluding hydrogens is 358 g/mol. The van der Waals surface area contributed by atoms with E-state index in [4.69, 9.17) is 10.7 Å². The maximum absolute atomic E-state index is 6.15. The van der Waals surface area contributed by atoms with Crippen molar-refractivity contribution >= 4 is 22.3 Å². The molecule has 0 spiro atoms. The second-order valence-corrected chi connectivity index (χ2v) is 8.52. The van der Waals surface area contributed by atoms with Crippen molar-refractivity contribution in [1.82, 2.24) is 10.3 Å². The highest BCUT2D eigenvalue weighted by atomic mass is 15.2. The van der Waals surface area contributed by atoms with Gasteiger partial charge in [-0.1, -0.05) is 30.3 Å². The third kappa shape index (κ3) is 4.86. The third-order valence-electron chi connectivity index (χ3n) is 5.45. The van der Waals surface area contributed by atoms with E-state index in [1.807, 2.05) is 6.07 Å². The SMILES string of the molecule is CC(C)(N)CCNc1cc(-c2ccc(N3CCNCC3)cc2)nc2ccccc12. The molecule has 0 amide bonds. The van der Waals surface area contributed by atoms with E-state index in [-0.39, 0.29) is 5.54 Å². The Morgan fingerprint density at radius 3 is 2.52 bits per heavy atom. The van der Waals surface area contributed by atoms with Gasteiger partial charge in [0.2, 0.25) is 0 Å². The summed E-state index contributed by atoms with van der Waals surface area (Å²) in [6, 6.07) is 19.2. The lowest BCUT2D eigenvalue weighted by Crippen LogP contribution is -2.43. The van der Waals surface area contributed by atoms with Gasteiger partial charge in [0.25, 0.3) is 0 Å². The molecule has 0 radical (unpaired) electrons. The van der Waals surface area contributed by atoms with Gasteiger partial charge in [-0.15, -0.1) is 0 Å². The van der Waals surface area contributed by atoms with Gasteiger partial charge < -0.3 is 21.3 Å². The number of piperazine rings is 1. The van der Waals surface area contributed by atoms with Gasteiger partial charge in [0.05, 0.1) is 11.2 Å². The van der Waals surface area contributed by atoms with Crippen LogP contribution < -0.4 is 21.3 Å². The van der Waals surface area contributed by atoms with E-state index in [9.17, 15) is 0 Å². The van der Waals surface area contributed by atoms with E-state index >= 15 is 0 Å². The van der Waals surface area contributed by atoms with E-state index in [0.29, 0.717) is 0 Å². The Kier molecular flexibility index (Phi) is 5.69. The summed E-state index contributed by atoms with van der Waals surface area (Å²) >= 11 is 0. The number of nitrogens with two attached hydrogens (primary N) is 1. The fourth-order valence-corrected chi connectivity index (χ4v) is 3.75. The molecule has 0 bridgehead atoms. The molecule has 4 N–H and O–H groups in total. The number of anilines is 2. The minimum Gasteiger partial charge on any atom is -0.384 e. The second kappa shape index (κ2) is 8.39. The first-order chi connectivity index (χ1) is 14.0. The Hall–Kier alpha value is -2.63. The molecule has 0 atom stereocenters. The highest BCUT2D eigenvalue weighted by Crippen LogP contribution is 2.29. The first-order valence-electron chi connectivity index (χ1n) is 10.5. The molecule has 5 heteroatoms. The van der Waals surface area contributed by atoms with Gasteiger partial charge in [-0.3, -0.25) is 0 Å². The van der Waals surface area contributed by atoms with Crippen LogP contribution in [0.15, 0.2) is 54.6 Å². The molecule has 2 heterocycles. The number of rotatable bonds is 6. The highest BCUT2D eigenvalue weighted by molar-refractivity contribution is 5.93. The molecular formula is C24H31N5. The smallest absolute Gasteiger partial charge is 0.0730 e. The van der Waals surface area contributed by atoms with Gasteiger partial charge in [0.1, 0.15) is 0 Å². The number of benzene rings is 2. The summed E-state index contributed by atoms with van der Waals surface area (Å²) in [6.07, 6.45) is 0.901. The van der Waals surface area contributed by atoms with E-state index in [2.05, 4.69) is 77.9 Å². The summed E-state index contributed by atoms with van der Waals surface area (Å²) in [4.78, 5) is 7.34. The summed E-state index contributed by atoms with van der Waals surface area (Å²) in [5.41, 5.74) is 11.5. The predicted octanol–water partition coefficient (Wildman–Crippen LogP) is 3.85. The van der Waals surface area contributed by atoms with Crippen molar-refractivity contribution in [3.63, 3.8) is 0 Å². The quantitative estimate of drug-likeness (QED) is 0.598. The fourth-order valence-electron chi connectivity index (χ4n) is 3.75. The lowest BCUT2D eigenvalue weighted by molar-refractivity contribution is 0.491. The van der Waals surface area contributed by atoms with Gasteiger partial charge in [0, 0.05) is 60.6 Å². The number of pyridine rings is 1. The van der Waals surface area contributed by atoms with Crippen molar-refractivity contribution in [3.8, 4) is 11.3 Å². The van der Waals surface area contributed by atoms with Gasteiger partial charge in [-0.25, -0.2) is 4.98 Å². The summed E-state index contributed by atoms with van der Waals surface area (Å²) in [6.45, 7) is 9.15. The summed E-state index contributed by atoms with van der Waals surface area (Å²) < 4.78 is 0. The number of para-hydroxylation sites is 1. The maximum atomic E-state index is 6.15. The molecule has 1 aliphatic heterocycles. The van der Waals surface area contributed by atoms with Crippen LogP contribution in [0.3, 0.4) is 0 Å². The molecule has 0 unspecified atom stereocenters. The van der Waals surface area contributed by atoms with Crippen molar-refractivity contribution < 1.29 is 0 Å². The number of hydrogen-bond acceptors (Lipinski definition) is 5. The average Bonchev–Trinajstić information content (AvgIpc) is 2.73. The highest BCUT2D eigenvalue weighted by Gasteiger charge is 2.13. The van der Waals surface area contributed by atoms with Crippen LogP contribution in [0, 0.1) is 0 Å². The Balaban J connectivity index is 1.61. The van der Waals surface area contributed by atoms with Gasteiger partial charge >= 0.3 is 0 Å². The van der Waals surface area contributed by atoms with Crippen LogP contribution >= 0.6 is 0 Å². The van der Waals surface area contributed by atoms with Crippen LogP contribution in [0.4, 0.5) is 11.4 Å². The lowest BCUT2D eigenvalue weighted by atomic mass is 10.0. The van der Waals surface area contributed by atoms with Gasteiger partial charge in [0.15, 0.2) is 0 Å². The summed E-state index contributed by atoms with van der Waals surface area (Å²) in [5.74, 6) is 0. The Morgan fingerprint density at radius 1 is 1.07 bits per heavy atom. The van der Waals surface area contributed by atoms with E-state index in [1.54, 1.807) is 0 Å². The van der Waals surface area contributed by atoms with E-state index < -0.39 is 0 Å². The molecule has 152 valence electrons. The molecule has 0 saturated carbocycles.